The highest BCUT2D eigenvalue weighted by Crippen LogP contribution is 2.28. The summed E-state index contributed by atoms with van der Waals surface area (Å²) in [7, 11) is -7.86. The van der Waals surface area contributed by atoms with Crippen LogP contribution in [-0.2, 0) is 20.2 Å². The Bertz CT molecular complexity index is 1300. The molecule has 0 radical (unpaired) electrons. The standard InChI is InChI=1S/C24H18O7S2/c25-32(26,23-7-3-1-4-8-23)30-21-15-11-19(12-16-21)29-20-13-17-22(18-14-20)31-33(27,28)24-9-5-2-6-10-24/h1-18H. The molecule has 0 spiro atoms. The summed E-state index contributed by atoms with van der Waals surface area (Å²) < 4.78 is 65.1. The van der Waals surface area contributed by atoms with Crippen molar-refractivity contribution in [2.24, 2.45) is 0 Å². The topological polar surface area (TPSA) is 96.0 Å². The molecule has 0 atom stereocenters. The maximum Gasteiger partial charge on any atom is 0.339 e. The molecule has 0 bridgehead atoms. The first-order valence-electron chi connectivity index (χ1n) is 9.69. The van der Waals surface area contributed by atoms with Gasteiger partial charge in [0, 0.05) is 0 Å². The monoisotopic (exact) mass is 482 g/mol. The molecule has 4 aromatic rings. The second-order valence-corrected chi connectivity index (χ2v) is 9.84. The van der Waals surface area contributed by atoms with Crippen LogP contribution in [0.25, 0.3) is 0 Å². The van der Waals surface area contributed by atoms with Gasteiger partial charge in [-0.15, -0.1) is 0 Å². The lowest BCUT2D eigenvalue weighted by Gasteiger charge is -2.10. The van der Waals surface area contributed by atoms with Gasteiger partial charge in [-0.25, -0.2) is 0 Å². The van der Waals surface area contributed by atoms with E-state index in [1.54, 1.807) is 60.7 Å². The smallest absolute Gasteiger partial charge is 0.339 e. The Morgan fingerprint density at radius 1 is 0.394 bits per heavy atom. The molecule has 33 heavy (non-hydrogen) atoms. The van der Waals surface area contributed by atoms with Crippen molar-refractivity contribution in [3.8, 4) is 23.0 Å². The fraction of sp³-hybridized carbons (Fsp3) is 0. The van der Waals surface area contributed by atoms with Gasteiger partial charge in [0.1, 0.15) is 32.8 Å². The maximum atomic E-state index is 12.3. The Labute approximate surface area is 192 Å². The predicted octanol–water partition coefficient (Wildman–Crippen LogP) is 5.01. The quantitative estimate of drug-likeness (QED) is 0.326. The van der Waals surface area contributed by atoms with Crippen LogP contribution in [0.1, 0.15) is 0 Å². The number of hydrogen-bond acceptors (Lipinski definition) is 7. The molecule has 0 aromatic heterocycles. The first-order chi connectivity index (χ1) is 15.8. The van der Waals surface area contributed by atoms with Gasteiger partial charge in [0.2, 0.25) is 0 Å². The molecule has 0 fully saturated rings. The summed E-state index contributed by atoms with van der Waals surface area (Å²) in [5.41, 5.74) is 0. The minimum absolute atomic E-state index is 0.0573. The summed E-state index contributed by atoms with van der Waals surface area (Å²) in [5.74, 6) is 1.15. The van der Waals surface area contributed by atoms with Crippen LogP contribution in [0, 0.1) is 0 Å². The Morgan fingerprint density at radius 3 is 1.03 bits per heavy atom. The molecule has 0 unspecified atom stereocenters. The number of ether oxygens (including phenoxy) is 1. The molecule has 0 N–H and O–H groups in total. The fourth-order valence-electron chi connectivity index (χ4n) is 2.79. The molecule has 168 valence electrons. The van der Waals surface area contributed by atoms with Crippen molar-refractivity contribution >= 4 is 20.2 Å². The highest BCUT2D eigenvalue weighted by Gasteiger charge is 2.17. The zero-order valence-electron chi connectivity index (χ0n) is 17.1. The van der Waals surface area contributed by atoms with Gasteiger partial charge in [0.15, 0.2) is 0 Å². The molecule has 0 saturated heterocycles. The van der Waals surface area contributed by atoms with E-state index >= 15 is 0 Å². The van der Waals surface area contributed by atoms with Crippen LogP contribution in [0.4, 0.5) is 0 Å². The van der Waals surface area contributed by atoms with Crippen molar-refractivity contribution in [3.63, 3.8) is 0 Å². The van der Waals surface area contributed by atoms with E-state index in [4.69, 9.17) is 13.1 Å². The predicted molar refractivity (Wildman–Crippen MR) is 121 cm³/mol. The van der Waals surface area contributed by atoms with Crippen LogP contribution < -0.4 is 13.1 Å². The molecule has 0 aliphatic carbocycles. The molecule has 0 saturated carbocycles. The van der Waals surface area contributed by atoms with Crippen molar-refractivity contribution in [1.29, 1.82) is 0 Å². The summed E-state index contributed by atoms with van der Waals surface area (Å²) in [4.78, 5) is 0.115. The van der Waals surface area contributed by atoms with Crippen molar-refractivity contribution in [2.75, 3.05) is 0 Å². The summed E-state index contributed by atoms with van der Waals surface area (Å²) in [6, 6.07) is 27.8. The lowest BCUT2D eigenvalue weighted by Crippen LogP contribution is -2.09. The van der Waals surface area contributed by atoms with Crippen LogP contribution in [0.3, 0.4) is 0 Å². The largest absolute Gasteiger partial charge is 0.457 e. The van der Waals surface area contributed by atoms with Crippen LogP contribution >= 0.6 is 0 Å². The molecule has 0 amide bonds. The van der Waals surface area contributed by atoms with E-state index in [1.165, 1.54) is 48.5 Å². The molecular weight excluding hydrogens is 464 g/mol. The Balaban J connectivity index is 1.39. The van der Waals surface area contributed by atoms with E-state index in [9.17, 15) is 16.8 Å². The van der Waals surface area contributed by atoms with Crippen LogP contribution in [0.15, 0.2) is 119 Å². The van der Waals surface area contributed by atoms with Crippen molar-refractivity contribution in [1.82, 2.24) is 0 Å². The summed E-state index contributed by atoms with van der Waals surface area (Å²) >= 11 is 0. The van der Waals surface area contributed by atoms with Gasteiger partial charge in [-0.2, -0.15) is 16.8 Å². The molecule has 0 heterocycles. The molecule has 4 rings (SSSR count). The van der Waals surface area contributed by atoms with Gasteiger partial charge in [-0.3, -0.25) is 0 Å². The van der Waals surface area contributed by atoms with Gasteiger partial charge < -0.3 is 13.1 Å². The van der Waals surface area contributed by atoms with Gasteiger partial charge in [-0.05, 0) is 72.8 Å². The fourth-order valence-corrected chi connectivity index (χ4v) is 4.69. The van der Waals surface area contributed by atoms with Crippen molar-refractivity contribution in [2.45, 2.75) is 9.79 Å². The van der Waals surface area contributed by atoms with E-state index in [0.29, 0.717) is 11.5 Å². The Hall–Kier alpha value is -3.82. The molecular formula is C24H18O7S2. The van der Waals surface area contributed by atoms with Gasteiger partial charge in [0.25, 0.3) is 0 Å². The molecule has 0 aliphatic rings. The van der Waals surface area contributed by atoms with Gasteiger partial charge in [-0.1, -0.05) is 36.4 Å². The SMILES string of the molecule is O=S(=O)(Oc1ccc(Oc2ccc(OS(=O)(=O)c3ccccc3)cc2)cc1)c1ccccc1. The lowest BCUT2D eigenvalue weighted by atomic mass is 10.3. The van der Waals surface area contributed by atoms with Crippen molar-refractivity contribution in [3.05, 3.63) is 109 Å². The zero-order chi connectivity index (χ0) is 23.3. The number of hydrogen-bond donors (Lipinski definition) is 0. The first-order valence-corrected chi connectivity index (χ1v) is 12.5. The highest BCUT2D eigenvalue weighted by atomic mass is 32.2. The molecule has 9 heteroatoms. The Morgan fingerprint density at radius 2 is 0.697 bits per heavy atom. The van der Waals surface area contributed by atoms with E-state index in [0.717, 1.165) is 0 Å². The van der Waals surface area contributed by atoms with E-state index in [1.807, 2.05) is 0 Å². The third-order valence-electron chi connectivity index (χ3n) is 4.36. The Kier molecular flexibility index (Phi) is 6.34. The van der Waals surface area contributed by atoms with Crippen LogP contribution in [0.5, 0.6) is 23.0 Å². The summed E-state index contributed by atoms with van der Waals surface area (Å²) in [6.45, 7) is 0. The zero-order valence-corrected chi connectivity index (χ0v) is 18.7. The normalized spacial score (nSPS) is 11.5. The van der Waals surface area contributed by atoms with Crippen LogP contribution in [0.2, 0.25) is 0 Å². The molecule has 4 aromatic carbocycles. The molecule has 0 aliphatic heterocycles. The second-order valence-electron chi connectivity index (χ2n) is 6.75. The third kappa shape index (κ3) is 5.71. The third-order valence-corrected chi connectivity index (χ3v) is 6.88. The average Bonchev–Trinajstić information content (AvgIpc) is 2.82. The van der Waals surface area contributed by atoms with Crippen LogP contribution in [-0.4, -0.2) is 16.8 Å². The number of rotatable bonds is 8. The van der Waals surface area contributed by atoms with Gasteiger partial charge in [0.05, 0.1) is 0 Å². The second kappa shape index (κ2) is 9.35. The summed E-state index contributed by atoms with van der Waals surface area (Å²) in [5, 5.41) is 0. The highest BCUT2D eigenvalue weighted by molar-refractivity contribution is 7.87. The summed E-state index contributed by atoms with van der Waals surface area (Å²) in [6.07, 6.45) is 0. The van der Waals surface area contributed by atoms with E-state index in [2.05, 4.69) is 0 Å². The minimum Gasteiger partial charge on any atom is -0.457 e. The average molecular weight is 483 g/mol. The minimum atomic E-state index is -3.93. The van der Waals surface area contributed by atoms with Gasteiger partial charge >= 0.3 is 20.2 Å². The van der Waals surface area contributed by atoms with Crippen molar-refractivity contribution < 1.29 is 29.9 Å². The van der Waals surface area contributed by atoms with E-state index in [-0.39, 0.29) is 21.3 Å². The number of benzene rings is 4. The van der Waals surface area contributed by atoms with E-state index < -0.39 is 20.2 Å². The first kappa shape index (κ1) is 22.4. The maximum absolute atomic E-state index is 12.3. The lowest BCUT2D eigenvalue weighted by molar-refractivity contribution is 0.471. The molecule has 7 nitrogen and oxygen atoms in total.